The summed E-state index contributed by atoms with van der Waals surface area (Å²) in [5.41, 5.74) is 7.86. The molecule has 1 nitrogen and oxygen atoms in total. The van der Waals surface area contributed by atoms with E-state index in [-0.39, 0.29) is 0 Å². The highest BCUT2D eigenvalue weighted by atomic mass is 79.9. The molecule has 0 aliphatic rings. The van der Waals surface area contributed by atoms with Crippen LogP contribution >= 0.6 is 43.5 Å². The predicted octanol–water partition coefficient (Wildman–Crippen LogP) is 5.09. The first kappa shape index (κ1) is 14.8. The van der Waals surface area contributed by atoms with Crippen LogP contribution in [-0.2, 0) is 6.42 Å². The Bertz CT molecular complexity index is 453. The molecule has 0 atom stereocenters. The van der Waals surface area contributed by atoms with Gasteiger partial charge in [-0.05, 0) is 59.0 Å². The molecule has 0 aliphatic heterocycles. The molecule has 2 N–H and O–H groups in total. The van der Waals surface area contributed by atoms with Crippen molar-refractivity contribution in [2.75, 3.05) is 0 Å². The van der Waals surface area contributed by atoms with E-state index >= 15 is 0 Å². The summed E-state index contributed by atoms with van der Waals surface area (Å²) < 4.78 is 1.95. The van der Waals surface area contributed by atoms with Crippen LogP contribution in [0.3, 0.4) is 0 Å². The number of hydrogen-bond acceptors (Lipinski definition) is 1. The topological polar surface area (TPSA) is 26.0 Å². The molecule has 0 spiro atoms. The maximum absolute atomic E-state index is 6.03. The van der Waals surface area contributed by atoms with Crippen LogP contribution in [0.2, 0.25) is 5.02 Å². The number of benzene rings is 1. The largest absolute Gasteiger partial charge is 0.404 e. The number of allylic oxidation sites excluding steroid dienone is 3. The highest BCUT2D eigenvalue weighted by Crippen LogP contribution is 2.26. The molecule has 1 aromatic rings. The van der Waals surface area contributed by atoms with E-state index in [4.69, 9.17) is 17.3 Å². The van der Waals surface area contributed by atoms with Crippen LogP contribution in [0.15, 0.2) is 39.4 Å². The SMILES string of the molecule is Cc1c(Br)cc(Cl)cc1CC/C=C/C(Br)=C\N. The first-order valence-corrected chi connectivity index (χ1v) is 7.19. The summed E-state index contributed by atoms with van der Waals surface area (Å²) >= 11 is 12.9. The molecule has 0 fully saturated rings. The van der Waals surface area contributed by atoms with E-state index in [0.29, 0.717) is 0 Å². The summed E-state index contributed by atoms with van der Waals surface area (Å²) in [4.78, 5) is 0. The molecule has 4 heteroatoms. The Morgan fingerprint density at radius 1 is 1.47 bits per heavy atom. The highest BCUT2D eigenvalue weighted by molar-refractivity contribution is 9.12. The van der Waals surface area contributed by atoms with Gasteiger partial charge in [-0.25, -0.2) is 0 Å². The zero-order valence-electron chi connectivity index (χ0n) is 9.51. The quantitative estimate of drug-likeness (QED) is 0.724. The molecular formula is C13H14Br2ClN. The third-order valence-corrected chi connectivity index (χ3v) is 4.00. The van der Waals surface area contributed by atoms with Gasteiger partial charge in [-0.1, -0.05) is 39.7 Å². The molecule has 1 aromatic carbocycles. The molecule has 0 aromatic heterocycles. The van der Waals surface area contributed by atoms with Crippen LogP contribution in [0.4, 0.5) is 0 Å². The summed E-state index contributed by atoms with van der Waals surface area (Å²) in [6.07, 6.45) is 7.48. The van der Waals surface area contributed by atoms with Gasteiger partial charge in [-0.15, -0.1) is 0 Å². The van der Waals surface area contributed by atoms with Crippen molar-refractivity contribution in [3.05, 3.63) is 55.6 Å². The fraction of sp³-hybridized carbons (Fsp3) is 0.231. The Labute approximate surface area is 124 Å². The summed E-state index contributed by atoms with van der Waals surface area (Å²) in [5.74, 6) is 0. The van der Waals surface area contributed by atoms with Gasteiger partial charge >= 0.3 is 0 Å². The molecular weight excluding hydrogens is 365 g/mol. The second-order valence-electron chi connectivity index (χ2n) is 3.66. The lowest BCUT2D eigenvalue weighted by Gasteiger charge is -2.07. The summed E-state index contributed by atoms with van der Waals surface area (Å²) in [6.45, 7) is 2.09. The lowest BCUT2D eigenvalue weighted by Crippen LogP contribution is -1.90. The van der Waals surface area contributed by atoms with Crippen LogP contribution in [0.5, 0.6) is 0 Å². The molecule has 0 unspecified atom stereocenters. The van der Waals surface area contributed by atoms with E-state index in [1.54, 1.807) is 0 Å². The average molecular weight is 380 g/mol. The minimum atomic E-state index is 0.768. The molecule has 0 heterocycles. The van der Waals surface area contributed by atoms with E-state index in [1.165, 1.54) is 17.3 Å². The van der Waals surface area contributed by atoms with E-state index in [1.807, 2.05) is 18.2 Å². The first-order chi connectivity index (χ1) is 8.04. The predicted molar refractivity (Wildman–Crippen MR) is 82.5 cm³/mol. The van der Waals surface area contributed by atoms with Crippen molar-refractivity contribution in [3.63, 3.8) is 0 Å². The van der Waals surface area contributed by atoms with Crippen LogP contribution in [-0.4, -0.2) is 0 Å². The Morgan fingerprint density at radius 3 is 2.82 bits per heavy atom. The van der Waals surface area contributed by atoms with E-state index in [0.717, 1.165) is 26.8 Å². The van der Waals surface area contributed by atoms with Crippen molar-refractivity contribution in [1.82, 2.24) is 0 Å². The normalized spacial score (nSPS) is 12.4. The number of hydrogen-bond donors (Lipinski definition) is 1. The standard InChI is InChI=1S/C13H14Br2ClN/c1-9-10(6-12(16)7-13(9)15)4-2-3-5-11(14)8-17/h3,5-8H,2,4,17H2,1H3/b5-3+,11-8+. The summed E-state index contributed by atoms with van der Waals surface area (Å²) in [5, 5.41) is 0.768. The molecule has 0 saturated carbocycles. The molecule has 17 heavy (non-hydrogen) atoms. The lowest BCUT2D eigenvalue weighted by molar-refractivity contribution is 0.984. The molecule has 0 amide bonds. The Balaban J connectivity index is 2.67. The van der Waals surface area contributed by atoms with Gasteiger partial charge in [0.25, 0.3) is 0 Å². The van der Waals surface area contributed by atoms with E-state index in [2.05, 4.69) is 44.9 Å². The molecule has 92 valence electrons. The van der Waals surface area contributed by atoms with Gasteiger partial charge in [0.15, 0.2) is 0 Å². The number of halogens is 3. The van der Waals surface area contributed by atoms with Gasteiger partial charge in [0.05, 0.1) is 0 Å². The smallest absolute Gasteiger partial charge is 0.0420 e. The zero-order chi connectivity index (χ0) is 12.8. The van der Waals surface area contributed by atoms with Crippen LogP contribution < -0.4 is 5.73 Å². The zero-order valence-corrected chi connectivity index (χ0v) is 13.4. The molecule has 1 rings (SSSR count). The number of rotatable bonds is 4. The molecule has 0 saturated heterocycles. The Morgan fingerprint density at radius 2 is 2.18 bits per heavy atom. The van der Waals surface area contributed by atoms with Crippen molar-refractivity contribution in [1.29, 1.82) is 0 Å². The van der Waals surface area contributed by atoms with Crippen molar-refractivity contribution >= 4 is 43.5 Å². The molecule has 0 radical (unpaired) electrons. The van der Waals surface area contributed by atoms with Crippen LogP contribution in [0, 0.1) is 6.92 Å². The van der Waals surface area contributed by atoms with E-state index < -0.39 is 0 Å². The van der Waals surface area contributed by atoms with Gasteiger partial charge in [-0.2, -0.15) is 0 Å². The van der Waals surface area contributed by atoms with Crippen molar-refractivity contribution in [2.24, 2.45) is 5.73 Å². The van der Waals surface area contributed by atoms with Gasteiger partial charge in [0, 0.05) is 20.2 Å². The monoisotopic (exact) mass is 377 g/mol. The minimum absolute atomic E-state index is 0.768. The summed E-state index contributed by atoms with van der Waals surface area (Å²) in [7, 11) is 0. The van der Waals surface area contributed by atoms with Crippen LogP contribution in [0.1, 0.15) is 17.5 Å². The number of aryl methyl sites for hydroxylation is 1. The van der Waals surface area contributed by atoms with Crippen molar-refractivity contribution < 1.29 is 0 Å². The fourth-order valence-electron chi connectivity index (χ4n) is 1.45. The van der Waals surface area contributed by atoms with Crippen molar-refractivity contribution in [3.8, 4) is 0 Å². The lowest BCUT2D eigenvalue weighted by atomic mass is 10.0. The summed E-state index contributed by atoms with van der Waals surface area (Å²) in [6, 6.07) is 3.94. The van der Waals surface area contributed by atoms with Crippen molar-refractivity contribution in [2.45, 2.75) is 19.8 Å². The minimum Gasteiger partial charge on any atom is -0.404 e. The molecule has 0 bridgehead atoms. The number of nitrogens with two attached hydrogens (primary N) is 1. The highest BCUT2D eigenvalue weighted by Gasteiger charge is 2.03. The van der Waals surface area contributed by atoms with Gasteiger partial charge in [0.1, 0.15) is 0 Å². The van der Waals surface area contributed by atoms with Crippen LogP contribution in [0.25, 0.3) is 0 Å². The Hall–Kier alpha value is -0.250. The van der Waals surface area contributed by atoms with Gasteiger partial charge < -0.3 is 5.73 Å². The average Bonchev–Trinajstić information content (AvgIpc) is 2.30. The molecule has 0 aliphatic carbocycles. The Kier molecular flexibility index (Phi) is 6.31. The second-order valence-corrected chi connectivity index (χ2v) is 5.87. The third kappa shape index (κ3) is 4.86. The second kappa shape index (κ2) is 7.24. The third-order valence-electron chi connectivity index (χ3n) is 2.43. The maximum Gasteiger partial charge on any atom is 0.0420 e. The van der Waals surface area contributed by atoms with Gasteiger partial charge in [-0.3, -0.25) is 0 Å². The van der Waals surface area contributed by atoms with E-state index in [9.17, 15) is 0 Å². The van der Waals surface area contributed by atoms with Gasteiger partial charge in [0.2, 0.25) is 0 Å². The first-order valence-electron chi connectivity index (χ1n) is 5.23. The maximum atomic E-state index is 6.03. The fourth-order valence-corrected chi connectivity index (χ4v) is 2.51.